The number of aldehydes is 1. The third kappa shape index (κ3) is 3.36. The van der Waals surface area contributed by atoms with Crippen LogP contribution in [0.1, 0.15) is 19.1 Å². The largest absolute Gasteiger partial charge is 0.442 e. The van der Waals surface area contributed by atoms with Gasteiger partial charge in [0, 0.05) is 0 Å². The van der Waals surface area contributed by atoms with Crippen LogP contribution in [0.2, 0.25) is 0 Å². The number of imidazole rings is 1. The zero-order valence-electron chi connectivity index (χ0n) is 12.5. The molecule has 12 heteroatoms. The van der Waals surface area contributed by atoms with E-state index in [0.29, 0.717) is 24.0 Å². The van der Waals surface area contributed by atoms with Gasteiger partial charge < -0.3 is 15.2 Å². The molecule has 1 fully saturated rings. The van der Waals surface area contributed by atoms with E-state index in [0.717, 1.165) is 0 Å². The molecule has 0 amide bonds. The number of rotatable bonds is 6. The number of hydrogen-bond acceptors (Lipinski definition) is 10. The highest BCUT2D eigenvalue weighted by Gasteiger charge is 2.44. The Hall–Kier alpha value is -1.75. The van der Waals surface area contributed by atoms with E-state index in [1.165, 1.54) is 6.33 Å². The number of carbonyl (C=O) groups excluding carboxylic acids is 1. The quantitative estimate of drug-likeness (QED) is 0.385. The molecule has 1 aliphatic rings. The fourth-order valence-corrected chi connectivity index (χ4v) is 2.97. The second-order valence-electron chi connectivity index (χ2n) is 5.35. The highest BCUT2D eigenvalue weighted by molar-refractivity contribution is 7.60. The lowest BCUT2D eigenvalue weighted by Crippen LogP contribution is -2.25. The molecule has 24 heavy (non-hydrogen) atoms. The Morgan fingerprint density at radius 2 is 2.21 bits per heavy atom. The summed E-state index contributed by atoms with van der Waals surface area (Å²) in [5.74, 6) is -1.39. The van der Waals surface area contributed by atoms with Crippen LogP contribution in [0.25, 0.3) is 11.2 Å². The number of nitrogens with two attached hydrogens (primary N) is 1. The van der Waals surface area contributed by atoms with Crippen molar-refractivity contribution in [1.29, 1.82) is 0 Å². The van der Waals surface area contributed by atoms with Gasteiger partial charge in [0.25, 0.3) is 0 Å². The van der Waals surface area contributed by atoms with E-state index < -0.39 is 13.8 Å². The molecule has 0 radical (unpaired) electrons. The van der Waals surface area contributed by atoms with Crippen molar-refractivity contribution in [2.45, 2.75) is 31.0 Å². The molecule has 5 N–H and O–H groups in total. The summed E-state index contributed by atoms with van der Waals surface area (Å²) in [6.07, 6.45) is 3.60. The summed E-state index contributed by atoms with van der Waals surface area (Å²) in [6, 6.07) is 0. The Morgan fingerprint density at radius 1 is 1.42 bits per heavy atom. The van der Waals surface area contributed by atoms with E-state index >= 15 is 0 Å². The smallest absolute Gasteiger partial charge is 0.382 e. The van der Waals surface area contributed by atoms with Crippen molar-refractivity contribution in [1.82, 2.24) is 19.5 Å². The second kappa shape index (κ2) is 6.63. The first-order valence-corrected chi connectivity index (χ1v) is 8.84. The average Bonchev–Trinajstić information content (AvgIpc) is 3.13. The first-order valence-electron chi connectivity index (χ1n) is 7.12. The molecule has 3 atom stereocenters. The third-order valence-electron chi connectivity index (χ3n) is 3.69. The van der Waals surface area contributed by atoms with Crippen LogP contribution in [0.4, 0.5) is 5.82 Å². The van der Waals surface area contributed by atoms with Crippen molar-refractivity contribution < 1.29 is 28.9 Å². The molecule has 130 valence electrons. The van der Waals surface area contributed by atoms with Gasteiger partial charge in [-0.3, -0.25) is 9.36 Å². The normalized spacial score (nSPS) is 22.8. The van der Waals surface area contributed by atoms with Crippen LogP contribution in [-0.2, 0) is 14.3 Å². The Bertz CT molecular complexity index is 734. The Labute approximate surface area is 136 Å². The van der Waals surface area contributed by atoms with Crippen molar-refractivity contribution in [3.63, 3.8) is 0 Å². The molecule has 0 bridgehead atoms. The first kappa shape index (κ1) is 17.1. The number of fused-ring (bicyclic) bond motifs is 1. The number of hydrogen-bond donors (Lipinski definition) is 4. The predicted molar refractivity (Wildman–Crippen MR) is 82.3 cm³/mol. The number of carbonyl (C=O) groups is 1. The monoisotopic (exact) mass is 358 g/mol. The lowest BCUT2D eigenvalue weighted by atomic mass is 10.2. The van der Waals surface area contributed by atoms with Gasteiger partial charge in [-0.25, -0.2) is 15.0 Å². The summed E-state index contributed by atoms with van der Waals surface area (Å²) in [5, 5.41) is 0. The molecule has 11 nitrogen and oxygen atoms in total. The van der Waals surface area contributed by atoms with E-state index in [9.17, 15) is 4.79 Å². The standard InChI is InChI=1S/C12H17N5O6P/c13-11-10-12(15-5-14-11)17(6-16-10)8-2-1-7(23-8)4-22-9(3-18)24(19,20)21/h3,5-9,19-21H,1-2,4H2,(H2,13,14,15)/q+1. The van der Waals surface area contributed by atoms with Crippen molar-refractivity contribution in [3.05, 3.63) is 12.7 Å². The lowest BCUT2D eigenvalue weighted by molar-refractivity contribution is -0.117. The maximum Gasteiger partial charge on any atom is 0.442 e. The van der Waals surface area contributed by atoms with Gasteiger partial charge in [-0.05, 0) is 12.8 Å². The Morgan fingerprint density at radius 3 is 2.92 bits per heavy atom. The van der Waals surface area contributed by atoms with Crippen LogP contribution in [0.15, 0.2) is 12.7 Å². The maximum atomic E-state index is 10.7. The van der Waals surface area contributed by atoms with Gasteiger partial charge in [-0.2, -0.15) is 14.7 Å². The molecule has 0 saturated carbocycles. The van der Waals surface area contributed by atoms with Crippen LogP contribution >= 0.6 is 7.94 Å². The molecule has 2 aromatic heterocycles. The van der Waals surface area contributed by atoms with Crippen LogP contribution in [-0.4, -0.2) is 59.0 Å². The molecule has 3 heterocycles. The summed E-state index contributed by atoms with van der Waals surface area (Å²) in [5.41, 5.74) is 6.77. The van der Waals surface area contributed by atoms with E-state index in [1.54, 1.807) is 10.9 Å². The van der Waals surface area contributed by atoms with Gasteiger partial charge >= 0.3 is 13.8 Å². The lowest BCUT2D eigenvalue weighted by Gasteiger charge is -2.17. The van der Waals surface area contributed by atoms with Crippen molar-refractivity contribution in [3.8, 4) is 0 Å². The third-order valence-corrected chi connectivity index (χ3v) is 4.65. The Kier molecular flexibility index (Phi) is 4.72. The Balaban J connectivity index is 1.65. The van der Waals surface area contributed by atoms with Gasteiger partial charge in [0.2, 0.25) is 0 Å². The van der Waals surface area contributed by atoms with Crippen LogP contribution < -0.4 is 5.73 Å². The van der Waals surface area contributed by atoms with Crippen molar-refractivity contribution >= 4 is 31.2 Å². The average molecular weight is 358 g/mol. The van der Waals surface area contributed by atoms with Crippen LogP contribution in [0.3, 0.4) is 0 Å². The van der Waals surface area contributed by atoms with Gasteiger partial charge in [-0.1, -0.05) is 0 Å². The van der Waals surface area contributed by atoms with E-state index in [4.69, 9.17) is 29.9 Å². The molecular formula is C12H17N5O6P+. The van der Waals surface area contributed by atoms with Crippen LogP contribution in [0, 0.1) is 0 Å². The number of aromatic nitrogens is 4. The van der Waals surface area contributed by atoms with Gasteiger partial charge in [0.1, 0.15) is 18.1 Å². The van der Waals surface area contributed by atoms with Crippen molar-refractivity contribution in [2.75, 3.05) is 12.3 Å². The number of anilines is 1. The molecule has 1 aliphatic heterocycles. The summed E-state index contributed by atoms with van der Waals surface area (Å²) in [6.45, 7) is -0.0624. The topological polar surface area (TPSA) is 166 Å². The first-order chi connectivity index (χ1) is 11.4. The fraction of sp³-hybridized carbons (Fsp3) is 0.500. The molecule has 0 aliphatic carbocycles. The predicted octanol–water partition coefficient (Wildman–Crippen LogP) is -0.633. The van der Waals surface area contributed by atoms with E-state index in [-0.39, 0.29) is 31.0 Å². The highest BCUT2D eigenvalue weighted by Crippen LogP contribution is 2.49. The molecule has 2 aromatic rings. The zero-order valence-corrected chi connectivity index (χ0v) is 13.4. The number of ether oxygens (including phenoxy) is 2. The van der Waals surface area contributed by atoms with Crippen LogP contribution in [0.5, 0.6) is 0 Å². The SMILES string of the molecule is Nc1ncnc2c1ncn2C1CCC(COC(C=O)[P+](O)(O)O)O1. The molecular weight excluding hydrogens is 341 g/mol. The molecule has 0 spiro atoms. The molecule has 0 aromatic carbocycles. The van der Waals surface area contributed by atoms with Gasteiger partial charge in [0.05, 0.1) is 19.0 Å². The maximum absolute atomic E-state index is 10.7. The highest BCUT2D eigenvalue weighted by atomic mass is 31.2. The van der Waals surface area contributed by atoms with Gasteiger partial charge in [-0.15, -0.1) is 0 Å². The summed E-state index contributed by atoms with van der Waals surface area (Å²) < 4.78 is 12.6. The summed E-state index contributed by atoms with van der Waals surface area (Å²) in [7, 11) is -4.38. The molecule has 3 unspecified atom stereocenters. The minimum Gasteiger partial charge on any atom is -0.382 e. The fourth-order valence-electron chi connectivity index (χ4n) is 2.52. The van der Waals surface area contributed by atoms with E-state index in [1.807, 2.05) is 0 Å². The second-order valence-corrected chi connectivity index (χ2v) is 7.09. The van der Waals surface area contributed by atoms with Crippen molar-refractivity contribution in [2.24, 2.45) is 0 Å². The number of nitrogens with zero attached hydrogens (tertiary/aromatic N) is 4. The summed E-state index contributed by atoms with van der Waals surface area (Å²) >= 11 is 0. The van der Waals surface area contributed by atoms with E-state index in [2.05, 4.69) is 15.0 Å². The minimum absolute atomic E-state index is 0.0624. The molecule has 1 saturated heterocycles. The van der Waals surface area contributed by atoms with Gasteiger partial charge in [0.15, 0.2) is 17.8 Å². The zero-order chi connectivity index (χ0) is 17.3. The number of nitrogen functional groups attached to an aromatic ring is 1. The summed E-state index contributed by atoms with van der Waals surface area (Å²) in [4.78, 5) is 50.2. The molecule has 3 rings (SSSR count). The minimum atomic E-state index is -4.38.